The summed E-state index contributed by atoms with van der Waals surface area (Å²) in [5.74, 6) is 0. The molecule has 118 valence electrons. The third-order valence-electron chi connectivity index (χ3n) is 2.63. The molecule has 0 amide bonds. The number of benzene rings is 1. The van der Waals surface area contributed by atoms with Crippen molar-refractivity contribution < 1.29 is 9.85 Å². The van der Waals surface area contributed by atoms with E-state index in [1.807, 2.05) is 0 Å². The molecule has 0 atom stereocenters. The van der Waals surface area contributed by atoms with E-state index in [2.05, 4.69) is 20.5 Å². The molecule has 23 heavy (non-hydrogen) atoms. The fourth-order valence-electron chi connectivity index (χ4n) is 1.57. The Morgan fingerprint density at radius 1 is 1.26 bits per heavy atom. The van der Waals surface area contributed by atoms with Crippen LogP contribution in [0.25, 0.3) is 0 Å². The van der Waals surface area contributed by atoms with Crippen LogP contribution in [0.4, 0.5) is 17.1 Å². The normalized spacial score (nSPS) is 10.6. The van der Waals surface area contributed by atoms with Crippen molar-refractivity contribution in [2.45, 2.75) is 0 Å². The largest absolute Gasteiger partial charge is 0.338 e. The number of nitro groups is 2. The zero-order valence-corrected chi connectivity index (χ0v) is 12.0. The number of anilines is 1. The lowest BCUT2D eigenvalue weighted by Crippen LogP contribution is -2.13. The van der Waals surface area contributed by atoms with E-state index in [1.165, 1.54) is 6.20 Å². The minimum atomic E-state index is -0.780. The summed E-state index contributed by atoms with van der Waals surface area (Å²) < 4.78 is 0.145. The quantitative estimate of drug-likeness (QED) is 0.324. The highest BCUT2D eigenvalue weighted by Crippen LogP contribution is 2.28. The number of hydrogen-bond acceptors (Lipinski definition) is 8. The van der Waals surface area contributed by atoms with Crippen LogP contribution in [-0.4, -0.2) is 26.0 Å². The maximum atomic E-state index is 11.5. The molecule has 0 radical (unpaired) electrons. The maximum absolute atomic E-state index is 11.5. The Bertz CT molecular complexity index is 918. The number of non-ortho nitro benzene ring substituents is 1. The summed E-state index contributed by atoms with van der Waals surface area (Å²) in [5, 5.41) is 25.3. The van der Waals surface area contributed by atoms with Gasteiger partial charge < -0.3 is 4.98 Å². The second kappa shape index (κ2) is 6.57. The first-order valence-electron chi connectivity index (χ1n) is 5.92. The monoisotopic (exact) mass is 336 g/mol. The van der Waals surface area contributed by atoms with Crippen LogP contribution in [0.5, 0.6) is 0 Å². The van der Waals surface area contributed by atoms with Crippen LogP contribution in [0.15, 0.2) is 34.3 Å². The van der Waals surface area contributed by atoms with Crippen molar-refractivity contribution in [2.75, 3.05) is 5.43 Å². The van der Waals surface area contributed by atoms with Gasteiger partial charge in [0.1, 0.15) is 5.69 Å². The average molecular weight is 336 g/mol. The lowest BCUT2D eigenvalue weighted by atomic mass is 10.2. The molecule has 0 aliphatic carbocycles. The first-order valence-corrected chi connectivity index (χ1v) is 6.33. The predicted octanol–water partition coefficient (Wildman–Crippen LogP) is 1.69. The van der Waals surface area contributed by atoms with Crippen molar-refractivity contribution in [1.29, 1.82) is 0 Å². The molecule has 0 aliphatic rings. The van der Waals surface area contributed by atoms with Gasteiger partial charge in [-0.2, -0.15) is 5.10 Å². The zero-order valence-electron chi connectivity index (χ0n) is 11.2. The summed E-state index contributed by atoms with van der Waals surface area (Å²) >= 11 is 4.73. The SMILES string of the molecule is O=c1[nH]c(=S)[nH]cc1/C=N/Nc1ccc([N+](=O)[O-])cc1[N+](=O)[O-]. The molecule has 3 N–H and O–H groups in total. The second-order valence-electron chi connectivity index (χ2n) is 4.11. The average Bonchev–Trinajstić information content (AvgIpc) is 2.49. The topological polar surface area (TPSA) is 159 Å². The van der Waals surface area contributed by atoms with Gasteiger partial charge in [0.2, 0.25) is 0 Å². The van der Waals surface area contributed by atoms with Crippen LogP contribution in [0.3, 0.4) is 0 Å². The van der Waals surface area contributed by atoms with E-state index < -0.39 is 26.8 Å². The molecule has 0 saturated heterocycles. The molecule has 0 bridgehead atoms. The van der Waals surface area contributed by atoms with Crippen LogP contribution in [-0.2, 0) is 0 Å². The van der Waals surface area contributed by atoms with Gasteiger partial charge in [0.25, 0.3) is 11.2 Å². The number of H-pyrrole nitrogens is 2. The molecule has 1 heterocycles. The lowest BCUT2D eigenvalue weighted by molar-refractivity contribution is -0.393. The number of hydrogen-bond donors (Lipinski definition) is 3. The smallest absolute Gasteiger partial charge is 0.301 e. The summed E-state index contributed by atoms with van der Waals surface area (Å²) in [5.41, 5.74) is 1.02. The molecule has 0 unspecified atom stereocenters. The summed E-state index contributed by atoms with van der Waals surface area (Å²) in [6.07, 6.45) is 2.44. The zero-order chi connectivity index (χ0) is 17.0. The third-order valence-corrected chi connectivity index (χ3v) is 2.85. The lowest BCUT2D eigenvalue weighted by Gasteiger charge is -2.01. The molecule has 2 aromatic rings. The Morgan fingerprint density at radius 3 is 2.61 bits per heavy atom. The maximum Gasteiger partial charge on any atom is 0.301 e. The van der Waals surface area contributed by atoms with Gasteiger partial charge in [-0.25, -0.2) is 0 Å². The molecule has 1 aromatic heterocycles. The fourth-order valence-corrected chi connectivity index (χ4v) is 1.72. The van der Waals surface area contributed by atoms with Crippen LogP contribution < -0.4 is 11.0 Å². The van der Waals surface area contributed by atoms with E-state index in [9.17, 15) is 25.0 Å². The molecule has 0 spiro atoms. The van der Waals surface area contributed by atoms with E-state index in [0.717, 1.165) is 24.4 Å². The highest BCUT2D eigenvalue weighted by Gasteiger charge is 2.19. The van der Waals surface area contributed by atoms with E-state index in [4.69, 9.17) is 12.2 Å². The number of nitro benzene ring substituents is 2. The van der Waals surface area contributed by atoms with Crippen LogP contribution in [0.1, 0.15) is 5.56 Å². The van der Waals surface area contributed by atoms with Crippen molar-refractivity contribution >= 4 is 35.5 Å². The Labute approximate surface area is 132 Å². The van der Waals surface area contributed by atoms with Crippen LogP contribution in [0.2, 0.25) is 0 Å². The number of rotatable bonds is 5. The van der Waals surface area contributed by atoms with Crippen LogP contribution >= 0.6 is 12.2 Å². The molecule has 0 aliphatic heterocycles. The number of aromatic amines is 2. The summed E-state index contributed by atoms with van der Waals surface area (Å²) in [7, 11) is 0. The van der Waals surface area contributed by atoms with Crippen molar-refractivity contribution in [1.82, 2.24) is 9.97 Å². The van der Waals surface area contributed by atoms with Crippen molar-refractivity contribution in [3.05, 3.63) is 65.3 Å². The molecule has 0 fully saturated rings. The van der Waals surface area contributed by atoms with Gasteiger partial charge in [-0.15, -0.1) is 0 Å². The van der Waals surface area contributed by atoms with Gasteiger partial charge in [-0.3, -0.25) is 35.4 Å². The van der Waals surface area contributed by atoms with E-state index >= 15 is 0 Å². The Kier molecular flexibility index (Phi) is 4.56. The molecule has 0 saturated carbocycles. The van der Waals surface area contributed by atoms with Crippen molar-refractivity contribution in [2.24, 2.45) is 5.10 Å². The van der Waals surface area contributed by atoms with Crippen molar-refractivity contribution in [3.63, 3.8) is 0 Å². The number of hydrazone groups is 1. The molecular weight excluding hydrogens is 328 g/mol. The molecule has 11 nitrogen and oxygen atoms in total. The Hall–Kier alpha value is -3.41. The summed E-state index contributed by atoms with van der Waals surface area (Å²) in [6.45, 7) is 0. The van der Waals surface area contributed by atoms with E-state index in [0.29, 0.717) is 0 Å². The first-order chi connectivity index (χ1) is 10.9. The fraction of sp³-hybridized carbons (Fsp3) is 0. The number of nitrogens with one attached hydrogen (secondary N) is 3. The third kappa shape index (κ3) is 3.82. The first kappa shape index (κ1) is 16.0. The predicted molar refractivity (Wildman–Crippen MR) is 83.2 cm³/mol. The number of aromatic nitrogens is 2. The minimum Gasteiger partial charge on any atom is -0.338 e. The van der Waals surface area contributed by atoms with Crippen LogP contribution in [0, 0.1) is 25.0 Å². The van der Waals surface area contributed by atoms with Gasteiger partial charge in [0.05, 0.1) is 27.7 Å². The molecule has 1 aromatic carbocycles. The second-order valence-corrected chi connectivity index (χ2v) is 4.52. The van der Waals surface area contributed by atoms with Gasteiger partial charge >= 0.3 is 5.69 Å². The molecule has 2 rings (SSSR count). The van der Waals surface area contributed by atoms with Gasteiger partial charge in [-0.1, -0.05) is 0 Å². The Balaban J connectivity index is 2.27. The standard InChI is InChI=1S/C11H8N6O5S/c18-10-6(4-12-11(23)14-10)5-13-15-8-2-1-7(16(19)20)3-9(8)17(21)22/h1-5,15H,(H2,12,14,18,23)/b13-5+. The van der Waals surface area contributed by atoms with E-state index in [-0.39, 0.29) is 16.0 Å². The summed E-state index contributed by atoms with van der Waals surface area (Å²) in [6, 6.07) is 3.05. The highest BCUT2D eigenvalue weighted by atomic mass is 32.1. The molecule has 12 heteroatoms. The number of nitrogens with zero attached hydrogens (tertiary/aromatic N) is 3. The summed E-state index contributed by atoms with van der Waals surface area (Å²) in [4.78, 5) is 36.5. The highest BCUT2D eigenvalue weighted by molar-refractivity contribution is 7.71. The van der Waals surface area contributed by atoms with Gasteiger partial charge in [0, 0.05) is 12.3 Å². The minimum absolute atomic E-state index is 0.0582. The van der Waals surface area contributed by atoms with Crippen molar-refractivity contribution in [3.8, 4) is 0 Å². The van der Waals surface area contributed by atoms with Gasteiger partial charge in [-0.05, 0) is 18.3 Å². The molecular formula is C11H8N6O5S. The van der Waals surface area contributed by atoms with E-state index in [1.54, 1.807) is 0 Å². The Morgan fingerprint density at radius 2 is 2.00 bits per heavy atom. The van der Waals surface area contributed by atoms with Gasteiger partial charge in [0.15, 0.2) is 4.77 Å².